The first-order valence-electron chi connectivity index (χ1n) is 11.1. The lowest BCUT2D eigenvalue weighted by Crippen LogP contribution is -2.13. The molecular weight excluding hydrogens is 473 g/mol. The number of alkyl halides is 3. The Morgan fingerprint density at radius 2 is 1.77 bits per heavy atom. The van der Waals surface area contributed by atoms with Crippen LogP contribution in [-0.4, -0.2) is 20.9 Å². The van der Waals surface area contributed by atoms with Crippen LogP contribution in [0.2, 0.25) is 0 Å². The third-order valence-corrected chi connectivity index (χ3v) is 7.16. The number of carboxylic acids is 1. The van der Waals surface area contributed by atoms with E-state index >= 15 is 0 Å². The Bertz CT molecular complexity index is 1380. The van der Waals surface area contributed by atoms with E-state index in [-0.39, 0.29) is 11.2 Å². The van der Waals surface area contributed by atoms with E-state index in [2.05, 4.69) is 19.9 Å². The van der Waals surface area contributed by atoms with Gasteiger partial charge in [-0.2, -0.15) is 18.3 Å². The number of fused-ring (bicyclic) bond motifs is 1. The van der Waals surface area contributed by atoms with Crippen molar-refractivity contribution in [2.75, 3.05) is 0 Å². The van der Waals surface area contributed by atoms with E-state index in [1.54, 1.807) is 16.4 Å². The van der Waals surface area contributed by atoms with Crippen molar-refractivity contribution in [3.8, 4) is 5.69 Å². The minimum Gasteiger partial charge on any atom is -0.481 e. The van der Waals surface area contributed by atoms with Crippen LogP contribution in [0.1, 0.15) is 42.5 Å². The van der Waals surface area contributed by atoms with Crippen molar-refractivity contribution in [2.24, 2.45) is 0 Å². The van der Waals surface area contributed by atoms with E-state index in [1.807, 2.05) is 43.5 Å². The second kappa shape index (κ2) is 9.41. The lowest BCUT2D eigenvalue weighted by molar-refractivity contribution is -0.138. The van der Waals surface area contributed by atoms with Crippen molar-refractivity contribution < 1.29 is 23.1 Å². The van der Waals surface area contributed by atoms with Crippen LogP contribution < -0.4 is 0 Å². The summed E-state index contributed by atoms with van der Waals surface area (Å²) in [6.07, 6.45) is -1.96. The zero-order valence-electron chi connectivity index (χ0n) is 19.6. The Balaban J connectivity index is 1.62. The molecule has 1 N–H and O–H groups in total. The molecule has 0 fully saturated rings. The van der Waals surface area contributed by atoms with Crippen molar-refractivity contribution >= 4 is 28.6 Å². The molecule has 4 aromatic rings. The Morgan fingerprint density at radius 1 is 1.06 bits per heavy atom. The molecule has 8 heteroatoms. The largest absolute Gasteiger partial charge is 0.481 e. The number of hydrogen-bond acceptors (Lipinski definition) is 3. The monoisotopic (exact) mass is 498 g/mol. The number of aliphatic carboxylic acids is 1. The van der Waals surface area contributed by atoms with E-state index in [0.29, 0.717) is 12.1 Å². The van der Waals surface area contributed by atoms with Gasteiger partial charge >= 0.3 is 12.1 Å². The van der Waals surface area contributed by atoms with Gasteiger partial charge in [0.05, 0.1) is 16.8 Å². The molecular formula is C27H25F3N2O2S. The van der Waals surface area contributed by atoms with Crippen LogP contribution in [0.5, 0.6) is 0 Å². The van der Waals surface area contributed by atoms with E-state index in [1.165, 1.54) is 12.1 Å². The molecule has 0 aliphatic heterocycles. The van der Waals surface area contributed by atoms with Gasteiger partial charge in [-0.15, -0.1) is 11.8 Å². The van der Waals surface area contributed by atoms with Crippen molar-refractivity contribution in [1.82, 2.24) is 9.78 Å². The van der Waals surface area contributed by atoms with E-state index in [4.69, 9.17) is 10.2 Å². The predicted molar refractivity (Wildman–Crippen MR) is 132 cm³/mol. The smallest absolute Gasteiger partial charge is 0.416 e. The van der Waals surface area contributed by atoms with E-state index < -0.39 is 17.7 Å². The predicted octanol–water partition coefficient (Wildman–Crippen LogP) is 7.40. The van der Waals surface area contributed by atoms with E-state index in [9.17, 15) is 18.0 Å². The molecule has 0 aliphatic carbocycles. The number of thioether (sulfide) groups is 1. The number of hydrogen-bond donors (Lipinski definition) is 1. The van der Waals surface area contributed by atoms with Gasteiger partial charge in [0.25, 0.3) is 0 Å². The van der Waals surface area contributed by atoms with Gasteiger partial charge in [0.1, 0.15) is 0 Å². The molecule has 4 nitrogen and oxygen atoms in total. The standard InChI is InChI=1S/C27H25F3N2O2S/c1-17-15-22(13-7-18(17)8-14-24(33)34)35-26(2,3)23-6-4-5-19-16-32(31-25(19)23)21-11-9-20(10-12-21)27(28,29)30/h4-7,9-13,15-16H,8,14H2,1-3H3,(H,33,34). The third kappa shape index (κ3) is 5.53. The van der Waals surface area contributed by atoms with Gasteiger partial charge in [-0.05, 0) is 80.3 Å². The topological polar surface area (TPSA) is 55.1 Å². The number of halogens is 3. The highest BCUT2D eigenvalue weighted by molar-refractivity contribution is 8.00. The highest BCUT2D eigenvalue weighted by Gasteiger charge is 2.30. The van der Waals surface area contributed by atoms with Crippen LogP contribution in [0.4, 0.5) is 13.2 Å². The second-order valence-corrected chi connectivity index (χ2v) is 10.7. The van der Waals surface area contributed by atoms with E-state index in [0.717, 1.165) is 44.6 Å². The number of rotatable bonds is 7. The second-order valence-electron chi connectivity index (χ2n) is 8.96. The minimum atomic E-state index is -4.38. The minimum absolute atomic E-state index is 0.0996. The molecule has 1 aromatic heterocycles. The first kappa shape index (κ1) is 24.9. The van der Waals surface area contributed by atoms with Crippen molar-refractivity contribution in [3.63, 3.8) is 0 Å². The Morgan fingerprint density at radius 3 is 2.40 bits per heavy atom. The van der Waals surface area contributed by atoms with Crippen molar-refractivity contribution in [3.05, 3.63) is 89.1 Å². The summed E-state index contributed by atoms with van der Waals surface area (Å²) in [5, 5.41) is 14.6. The van der Waals surface area contributed by atoms with Gasteiger partial charge in [-0.3, -0.25) is 4.79 Å². The third-order valence-electron chi connectivity index (χ3n) is 5.94. The number of carboxylic acid groups (broad SMARTS) is 1. The van der Waals surface area contributed by atoms with Crippen LogP contribution in [0.25, 0.3) is 16.6 Å². The molecule has 35 heavy (non-hydrogen) atoms. The van der Waals surface area contributed by atoms with Crippen molar-refractivity contribution in [2.45, 2.75) is 49.4 Å². The molecule has 0 amide bonds. The van der Waals surface area contributed by atoms with Crippen molar-refractivity contribution in [1.29, 1.82) is 0 Å². The summed E-state index contributed by atoms with van der Waals surface area (Å²) < 4.78 is 40.0. The summed E-state index contributed by atoms with van der Waals surface area (Å²) in [5.74, 6) is -0.812. The van der Waals surface area contributed by atoms with Crippen LogP contribution >= 0.6 is 11.8 Å². The summed E-state index contributed by atoms with van der Waals surface area (Å²) in [7, 11) is 0. The van der Waals surface area contributed by atoms with Gasteiger partial charge in [0.2, 0.25) is 0 Å². The van der Waals surface area contributed by atoms with Gasteiger partial charge in [-0.1, -0.05) is 24.3 Å². The van der Waals surface area contributed by atoms with Crippen LogP contribution in [-0.2, 0) is 22.1 Å². The molecule has 0 spiro atoms. The summed E-state index contributed by atoms with van der Waals surface area (Å²) in [6, 6.07) is 16.9. The molecule has 0 saturated carbocycles. The van der Waals surface area contributed by atoms with Gasteiger partial charge in [-0.25, -0.2) is 4.68 Å². The fraction of sp³-hybridized carbons (Fsp3) is 0.259. The van der Waals surface area contributed by atoms with Crippen LogP contribution in [0.3, 0.4) is 0 Å². The number of aromatic nitrogens is 2. The zero-order valence-corrected chi connectivity index (χ0v) is 20.4. The summed E-state index contributed by atoms with van der Waals surface area (Å²) in [6.45, 7) is 6.20. The normalized spacial score (nSPS) is 12.3. The van der Waals surface area contributed by atoms with Gasteiger partial charge < -0.3 is 5.11 Å². The molecule has 0 radical (unpaired) electrons. The Hall–Kier alpha value is -3.26. The fourth-order valence-corrected chi connectivity index (χ4v) is 5.31. The van der Waals surface area contributed by atoms with Crippen LogP contribution in [0.15, 0.2) is 71.8 Å². The maximum atomic E-state index is 12.9. The lowest BCUT2D eigenvalue weighted by atomic mass is 10.00. The van der Waals surface area contributed by atoms with Gasteiger partial charge in [0.15, 0.2) is 0 Å². The maximum absolute atomic E-state index is 12.9. The summed E-state index contributed by atoms with van der Waals surface area (Å²) in [5.41, 5.74) is 3.74. The number of carbonyl (C=O) groups is 1. The highest BCUT2D eigenvalue weighted by Crippen LogP contribution is 2.43. The quantitative estimate of drug-likeness (QED) is 0.270. The Labute approximate surface area is 205 Å². The molecule has 0 atom stereocenters. The first-order valence-corrected chi connectivity index (χ1v) is 11.9. The molecule has 3 aromatic carbocycles. The SMILES string of the molecule is Cc1cc(SC(C)(C)c2cccc3cn(-c4ccc(C(F)(F)F)cc4)nc23)ccc1CCC(=O)O. The molecule has 0 unspecified atom stereocenters. The van der Waals surface area contributed by atoms with Gasteiger partial charge in [0, 0.05) is 27.6 Å². The average Bonchev–Trinajstić information content (AvgIpc) is 3.22. The molecule has 1 heterocycles. The molecule has 0 saturated heterocycles. The zero-order chi connectivity index (χ0) is 25.4. The molecule has 0 bridgehead atoms. The summed E-state index contributed by atoms with van der Waals surface area (Å²) >= 11 is 1.68. The Kier molecular flexibility index (Phi) is 6.68. The lowest BCUT2D eigenvalue weighted by Gasteiger charge is -2.25. The first-order chi connectivity index (χ1) is 16.4. The average molecular weight is 499 g/mol. The molecule has 182 valence electrons. The fourth-order valence-electron chi connectivity index (χ4n) is 4.07. The van der Waals surface area contributed by atoms with Crippen LogP contribution in [0, 0.1) is 6.92 Å². The molecule has 0 aliphatic rings. The molecule has 4 rings (SSSR count). The highest BCUT2D eigenvalue weighted by atomic mass is 32.2. The maximum Gasteiger partial charge on any atom is 0.416 e. The number of nitrogens with zero attached hydrogens (tertiary/aromatic N) is 2. The number of benzene rings is 3. The summed E-state index contributed by atoms with van der Waals surface area (Å²) in [4.78, 5) is 12.0. The number of aryl methyl sites for hydroxylation is 2.